The van der Waals surface area contributed by atoms with Crippen LogP contribution in [0.15, 0.2) is 28.8 Å². The molecule has 1 N–H and O–H groups in total. The smallest absolute Gasteiger partial charge is 0.217 e. The Morgan fingerprint density at radius 1 is 1.32 bits per heavy atom. The Balaban J connectivity index is 2.08. The SMILES string of the molecule is COCC(C)(CNS(=O)(=O)Cc1noc2ccccc12)OC. The third kappa shape index (κ3) is 4.04. The third-order valence-corrected chi connectivity index (χ3v) is 4.63. The molecule has 2 aromatic rings. The largest absolute Gasteiger partial charge is 0.382 e. The number of aromatic nitrogens is 1. The highest BCUT2D eigenvalue weighted by atomic mass is 32.2. The molecule has 0 spiro atoms. The van der Waals surface area contributed by atoms with E-state index in [1.54, 1.807) is 25.1 Å². The Kier molecular flexibility index (Phi) is 5.17. The number of para-hydroxylation sites is 1. The lowest BCUT2D eigenvalue weighted by molar-refractivity contribution is -0.0460. The van der Waals surface area contributed by atoms with Crippen LogP contribution < -0.4 is 4.72 Å². The molecular formula is C14H20N2O5S. The van der Waals surface area contributed by atoms with E-state index in [0.717, 1.165) is 0 Å². The molecule has 7 nitrogen and oxygen atoms in total. The van der Waals surface area contributed by atoms with E-state index < -0.39 is 15.6 Å². The van der Waals surface area contributed by atoms with E-state index >= 15 is 0 Å². The zero-order chi connectivity index (χ0) is 16.2. The Hall–Kier alpha value is -1.48. The quantitative estimate of drug-likeness (QED) is 0.785. The Labute approximate surface area is 129 Å². The van der Waals surface area contributed by atoms with Crippen LogP contribution in [-0.4, -0.2) is 46.5 Å². The van der Waals surface area contributed by atoms with Gasteiger partial charge in [-0.15, -0.1) is 0 Å². The summed E-state index contributed by atoms with van der Waals surface area (Å²) in [5.41, 5.74) is 0.219. The van der Waals surface area contributed by atoms with Crippen LogP contribution in [0.5, 0.6) is 0 Å². The molecule has 0 amide bonds. The number of ether oxygens (including phenoxy) is 2. The lowest BCUT2D eigenvalue weighted by atomic mass is 10.1. The van der Waals surface area contributed by atoms with E-state index in [4.69, 9.17) is 14.0 Å². The number of nitrogens with zero attached hydrogens (tertiary/aromatic N) is 1. The molecule has 0 bridgehead atoms. The van der Waals surface area contributed by atoms with Crippen molar-refractivity contribution >= 4 is 21.0 Å². The summed E-state index contributed by atoms with van der Waals surface area (Å²) in [6.07, 6.45) is 0. The van der Waals surface area contributed by atoms with E-state index in [0.29, 0.717) is 16.7 Å². The summed E-state index contributed by atoms with van der Waals surface area (Å²) in [7, 11) is -0.518. The highest BCUT2D eigenvalue weighted by Crippen LogP contribution is 2.19. The van der Waals surface area contributed by atoms with E-state index in [1.807, 2.05) is 6.07 Å². The minimum absolute atomic E-state index is 0.107. The van der Waals surface area contributed by atoms with Crippen LogP contribution in [-0.2, 0) is 25.2 Å². The number of sulfonamides is 1. The van der Waals surface area contributed by atoms with Gasteiger partial charge in [-0.25, -0.2) is 13.1 Å². The summed E-state index contributed by atoms with van der Waals surface area (Å²) >= 11 is 0. The Morgan fingerprint density at radius 3 is 2.73 bits per heavy atom. The van der Waals surface area contributed by atoms with E-state index in [-0.39, 0.29) is 18.9 Å². The van der Waals surface area contributed by atoms with Gasteiger partial charge >= 0.3 is 0 Å². The first-order valence-electron chi connectivity index (χ1n) is 6.74. The Bertz CT molecular complexity index is 728. The molecule has 8 heteroatoms. The minimum Gasteiger partial charge on any atom is -0.382 e. The predicted octanol–water partition coefficient (Wildman–Crippen LogP) is 1.30. The highest BCUT2D eigenvalue weighted by molar-refractivity contribution is 7.88. The van der Waals surface area contributed by atoms with Gasteiger partial charge in [0.25, 0.3) is 0 Å². The van der Waals surface area contributed by atoms with Crippen molar-refractivity contribution < 1.29 is 22.4 Å². The molecule has 0 saturated heterocycles. The summed E-state index contributed by atoms with van der Waals surface area (Å²) in [6.45, 7) is 2.15. The van der Waals surface area contributed by atoms with E-state index in [9.17, 15) is 8.42 Å². The van der Waals surface area contributed by atoms with E-state index in [1.165, 1.54) is 14.2 Å². The van der Waals surface area contributed by atoms with Crippen molar-refractivity contribution in [2.75, 3.05) is 27.4 Å². The van der Waals surface area contributed by atoms with Crippen molar-refractivity contribution in [2.24, 2.45) is 0 Å². The van der Waals surface area contributed by atoms with Gasteiger partial charge < -0.3 is 14.0 Å². The maximum absolute atomic E-state index is 12.2. The van der Waals surface area contributed by atoms with Crippen LogP contribution in [0.3, 0.4) is 0 Å². The molecule has 0 aliphatic heterocycles. The second-order valence-electron chi connectivity index (χ2n) is 5.29. The number of hydrogen-bond donors (Lipinski definition) is 1. The molecule has 0 aliphatic carbocycles. The minimum atomic E-state index is -3.57. The van der Waals surface area contributed by atoms with Crippen LogP contribution in [0, 0.1) is 0 Å². The highest BCUT2D eigenvalue weighted by Gasteiger charge is 2.27. The van der Waals surface area contributed by atoms with Crippen molar-refractivity contribution in [3.63, 3.8) is 0 Å². The molecule has 0 radical (unpaired) electrons. The zero-order valence-corrected chi connectivity index (χ0v) is 13.6. The normalized spacial score (nSPS) is 15.0. The van der Waals surface area contributed by atoms with Crippen molar-refractivity contribution in [3.05, 3.63) is 30.0 Å². The lowest BCUT2D eigenvalue weighted by Crippen LogP contribution is -2.45. The van der Waals surface area contributed by atoms with Gasteiger partial charge in [0.1, 0.15) is 17.0 Å². The fourth-order valence-electron chi connectivity index (χ4n) is 2.02. The van der Waals surface area contributed by atoms with Crippen molar-refractivity contribution in [1.29, 1.82) is 0 Å². The predicted molar refractivity (Wildman–Crippen MR) is 81.9 cm³/mol. The van der Waals surface area contributed by atoms with Gasteiger partial charge in [0, 0.05) is 26.2 Å². The first-order chi connectivity index (χ1) is 10.4. The standard InChI is InChI=1S/C14H20N2O5S/c1-14(20-3,10-19-2)9-15-22(17,18)8-12-11-6-4-5-7-13(11)21-16-12/h4-7,15H,8-10H2,1-3H3. The number of nitrogens with one attached hydrogen (secondary N) is 1. The topological polar surface area (TPSA) is 90.7 Å². The van der Waals surface area contributed by atoms with E-state index in [2.05, 4.69) is 9.88 Å². The third-order valence-electron chi connectivity index (χ3n) is 3.39. The van der Waals surface area contributed by atoms with Gasteiger partial charge in [0.15, 0.2) is 5.58 Å². The molecular weight excluding hydrogens is 308 g/mol. The number of methoxy groups -OCH3 is 2. The fourth-order valence-corrected chi connectivity index (χ4v) is 3.22. The summed E-state index contributed by atoms with van der Waals surface area (Å²) in [6, 6.07) is 7.13. The van der Waals surface area contributed by atoms with Crippen LogP contribution in [0.25, 0.3) is 11.0 Å². The first-order valence-corrected chi connectivity index (χ1v) is 8.39. The van der Waals surface area contributed by atoms with Crippen LogP contribution in [0.1, 0.15) is 12.6 Å². The van der Waals surface area contributed by atoms with Crippen LogP contribution in [0.4, 0.5) is 0 Å². The summed E-state index contributed by atoms with van der Waals surface area (Å²) in [4.78, 5) is 0. The first kappa shape index (κ1) is 16.9. The van der Waals surface area contributed by atoms with Crippen LogP contribution >= 0.6 is 0 Å². The van der Waals surface area contributed by atoms with Gasteiger partial charge in [0.2, 0.25) is 10.0 Å². The summed E-state index contributed by atoms with van der Waals surface area (Å²) < 4.78 is 42.4. The molecule has 1 atom stereocenters. The van der Waals surface area contributed by atoms with Crippen molar-refractivity contribution in [1.82, 2.24) is 9.88 Å². The summed E-state index contributed by atoms with van der Waals surface area (Å²) in [5.74, 6) is -0.253. The van der Waals surface area contributed by atoms with Gasteiger partial charge in [-0.2, -0.15) is 0 Å². The fraction of sp³-hybridized carbons (Fsp3) is 0.500. The number of benzene rings is 1. The number of rotatable bonds is 8. The molecule has 22 heavy (non-hydrogen) atoms. The number of hydrogen-bond acceptors (Lipinski definition) is 6. The van der Waals surface area contributed by atoms with Crippen molar-refractivity contribution in [3.8, 4) is 0 Å². The maximum Gasteiger partial charge on any atom is 0.217 e. The second kappa shape index (κ2) is 6.74. The second-order valence-corrected chi connectivity index (χ2v) is 7.10. The maximum atomic E-state index is 12.2. The average molecular weight is 328 g/mol. The molecule has 1 unspecified atom stereocenters. The zero-order valence-electron chi connectivity index (χ0n) is 12.8. The molecule has 1 heterocycles. The molecule has 2 rings (SSSR count). The van der Waals surface area contributed by atoms with Crippen LogP contribution in [0.2, 0.25) is 0 Å². The average Bonchev–Trinajstić information content (AvgIpc) is 2.89. The monoisotopic (exact) mass is 328 g/mol. The summed E-state index contributed by atoms with van der Waals surface area (Å²) in [5, 5.41) is 4.53. The molecule has 0 aliphatic rings. The van der Waals surface area contributed by atoms with Gasteiger partial charge in [0.05, 0.1) is 6.61 Å². The Morgan fingerprint density at radius 2 is 2.05 bits per heavy atom. The number of fused-ring (bicyclic) bond motifs is 1. The van der Waals surface area contributed by atoms with Gasteiger partial charge in [-0.05, 0) is 19.1 Å². The van der Waals surface area contributed by atoms with Crippen molar-refractivity contribution in [2.45, 2.75) is 18.3 Å². The molecule has 0 fully saturated rings. The van der Waals surface area contributed by atoms with Gasteiger partial charge in [-0.1, -0.05) is 17.3 Å². The molecule has 0 saturated carbocycles. The molecule has 1 aromatic carbocycles. The lowest BCUT2D eigenvalue weighted by Gasteiger charge is -2.27. The molecule has 1 aromatic heterocycles. The van der Waals surface area contributed by atoms with Gasteiger partial charge in [-0.3, -0.25) is 0 Å². The molecule has 122 valence electrons.